The molecule has 0 N–H and O–H groups in total. The molecule has 0 aromatic rings. The minimum Gasteiger partial charge on any atom is -0.468 e. The molecule has 2 atom stereocenters. The fourth-order valence-corrected chi connectivity index (χ4v) is 2.57. The molecule has 98 valence electrons. The standard InChI is InChI=1S/C12H20O5/c1-7(2)9-12(10(13)15-4,11(14)16-5)8(3)6-17-9/h7-9H,6H2,1-5H3/t8-,9+/m1/s1. The van der Waals surface area contributed by atoms with Crippen LogP contribution in [0.5, 0.6) is 0 Å². The van der Waals surface area contributed by atoms with E-state index in [2.05, 4.69) is 0 Å². The predicted molar refractivity (Wildman–Crippen MR) is 60.2 cm³/mol. The summed E-state index contributed by atoms with van der Waals surface area (Å²) in [5.74, 6) is -1.38. The maximum Gasteiger partial charge on any atom is 0.326 e. The van der Waals surface area contributed by atoms with Gasteiger partial charge in [-0.3, -0.25) is 9.59 Å². The van der Waals surface area contributed by atoms with E-state index in [1.54, 1.807) is 6.92 Å². The Kier molecular flexibility index (Phi) is 4.14. The van der Waals surface area contributed by atoms with Gasteiger partial charge in [0.05, 0.1) is 26.9 Å². The van der Waals surface area contributed by atoms with Gasteiger partial charge < -0.3 is 14.2 Å². The van der Waals surface area contributed by atoms with E-state index in [9.17, 15) is 9.59 Å². The van der Waals surface area contributed by atoms with Crippen LogP contribution in [-0.4, -0.2) is 38.9 Å². The third kappa shape index (κ3) is 1.92. The van der Waals surface area contributed by atoms with Crippen molar-refractivity contribution in [1.29, 1.82) is 0 Å². The van der Waals surface area contributed by atoms with Gasteiger partial charge in [-0.1, -0.05) is 20.8 Å². The van der Waals surface area contributed by atoms with Crippen LogP contribution in [0, 0.1) is 17.3 Å². The van der Waals surface area contributed by atoms with E-state index < -0.39 is 23.5 Å². The van der Waals surface area contributed by atoms with Crippen LogP contribution in [0.25, 0.3) is 0 Å². The van der Waals surface area contributed by atoms with Crippen molar-refractivity contribution in [3.63, 3.8) is 0 Å². The number of hydrogen-bond acceptors (Lipinski definition) is 5. The van der Waals surface area contributed by atoms with Crippen LogP contribution < -0.4 is 0 Å². The summed E-state index contributed by atoms with van der Waals surface area (Å²) < 4.78 is 15.2. The van der Waals surface area contributed by atoms with Gasteiger partial charge in [-0.15, -0.1) is 0 Å². The lowest BCUT2D eigenvalue weighted by Crippen LogP contribution is -2.52. The van der Waals surface area contributed by atoms with Gasteiger partial charge in [-0.25, -0.2) is 0 Å². The first-order chi connectivity index (χ1) is 7.92. The molecular formula is C12H20O5. The van der Waals surface area contributed by atoms with Crippen LogP contribution in [-0.2, 0) is 23.8 Å². The first-order valence-corrected chi connectivity index (χ1v) is 5.71. The first-order valence-electron chi connectivity index (χ1n) is 5.71. The molecular weight excluding hydrogens is 224 g/mol. The second kappa shape index (κ2) is 5.04. The Morgan fingerprint density at radius 2 is 1.71 bits per heavy atom. The lowest BCUT2D eigenvalue weighted by molar-refractivity contribution is -0.177. The molecule has 0 aromatic carbocycles. The molecule has 1 rings (SSSR count). The van der Waals surface area contributed by atoms with Crippen molar-refractivity contribution in [1.82, 2.24) is 0 Å². The molecule has 0 spiro atoms. The van der Waals surface area contributed by atoms with Crippen LogP contribution in [0.1, 0.15) is 20.8 Å². The van der Waals surface area contributed by atoms with Gasteiger partial charge in [-0.2, -0.15) is 0 Å². The molecule has 0 bridgehead atoms. The van der Waals surface area contributed by atoms with Crippen LogP contribution in [0.3, 0.4) is 0 Å². The van der Waals surface area contributed by atoms with Crippen molar-refractivity contribution >= 4 is 11.9 Å². The Bertz CT molecular complexity index is 294. The van der Waals surface area contributed by atoms with Crippen molar-refractivity contribution in [2.24, 2.45) is 17.3 Å². The molecule has 0 radical (unpaired) electrons. The molecule has 1 heterocycles. The van der Waals surface area contributed by atoms with E-state index in [-0.39, 0.29) is 11.8 Å². The highest BCUT2D eigenvalue weighted by molar-refractivity contribution is 6.01. The SMILES string of the molecule is COC(=O)C1(C(=O)OC)[C@H](C)CO[C@H]1C(C)C. The molecule has 17 heavy (non-hydrogen) atoms. The highest BCUT2D eigenvalue weighted by atomic mass is 16.6. The number of carbonyl (C=O) groups excluding carboxylic acids is 2. The lowest BCUT2D eigenvalue weighted by Gasteiger charge is -2.33. The Labute approximate surface area is 101 Å². The fourth-order valence-electron chi connectivity index (χ4n) is 2.57. The Hall–Kier alpha value is -1.10. The quantitative estimate of drug-likeness (QED) is 0.547. The zero-order chi connectivity index (χ0) is 13.2. The van der Waals surface area contributed by atoms with Crippen molar-refractivity contribution in [3.05, 3.63) is 0 Å². The number of rotatable bonds is 3. The first kappa shape index (κ1) is 14.0. The minimum atomic E-state index is -1.34. The summed E-state index contributed by atoms with van der Waals surface area (Å²) in [5.41, 5.74) is -1.34. The van der Waals surface area contributed by atoms with Gasteiger partial charge >= 0.3 is 11.9 Å². The highest BCUT2D eigenvalue weighted by Gasteiger charge is 2.63. The topological polar surface area (TPSA) is 61.8 Å². The molecule has 0 saturated carbocycles. The lowest BCUT2D eigenvalue weighted by atomic mass is 9.71. The van der Waals surface area contributed by atoms with Crippen molar-refractivity contribution < 1.29 is 23.8 Å². The normalized spacial score (nSPS) is 26.9. The molecule has 1 fully saturated rings. The highest BCUT2D eigenvalue weighted by Crippen LogP contribution is 2.45. The van der Waals surface area contributed by atoms with Crippen LogP contribution in [0.4, 0.5) is 0 Å². The van der Waals surface area contributed by atoms with E-state index in [1.165, 1.54) is 14.2 Å². The van der Waals surface area contributed by atoms with E-state index in [4.69, 9.17) is 14.2 Å². The van der Waals surface area contributed by atoms with Crippen LogP contribution in [0.2, 0.25) is 0 Å². The van der Waals surface area contributed by atoms with Gasteiger partial charge in [0, 0.05) is 5.92 Å². The average molecular weight is 244 g/mol. The number of ether oxygens (including phenoxy) is 3. The molecule has 0 amide bonds. The monoisotopic (exact) mass is 244 g/mol. The second-order valence-corrected chi connectivity index (χ2v) is 4.75. The van der Waals surface area contributed by atoms with Crippen molar-refractivity contribution in [2.75, 3.05) is 20.8 Å². The Balaban J connectivity index is 3.27. The van der Waals surface area contributed by atoms with Gasteiger partial charge in [0.1, 0.15) is 0 Å². The number of carbonyl (C=O) groups is 2. The summed E-state index contributed by atoms with van der Waals surface area (Å²) in [5, 5.41) is 0. The van der Waals surface area contributed by atoms with E-state index >= 15 is 0 Å². The summed E-state index contributed by atoms with van der Waals surface area (Å²) in [6, 6.07) is 0. The smallest absolute Gasteiger partial charge is 0.326 e. The summed E-state index contributed by atoms with van der Waals surface area (Å²) in [6.07, 6.45) is -0.502. The van der Waals surface area contributed by atoms with E-state index in [1.807, 2.05) is 13.8 Å². The molecule has 1 aliphatic rings. The molecule has 1 aliphatic heterocycles. The summed E-state index contributed by atoms with van der Waals surface area (Å²) in [4.78, 5) is 24.1. The minimum absolute atomic E-state index is 0.0261. The molecule has 5 nitrogen and oxygen atoms in total. The fraction of sp³-hybridized carbons (Fsp3) is 0.833. The molecule has 0 aliphatic carbocycles. The molecule has 1 saturated heterocycles. The zero-order valence-corrected chi connectivity index (χ0v) is 11.0. The number of esters is 2. The van der Waals surface area contributed by atoms with Crippen molar-refractivity contribution in [3.8, 4) is 0 Å². The summed E-state index contributed by atoms with van der Waals surface area (Å²) in [7, 11) is 2.55. The van der Waals surface area contributed by atoms with Gasteiger partial charge in [-0.05, 0) is 5.92 Å². The number of methoxy groups -OCH3 is 2. The predicted octanol–water partition coefficient (Wildman–Crippen LogP) is 1.01. The molecule has 0 aromatic heterocycles. The summed E-state index contributed by atoms with van der Waals surface area (Å²) in [6.45, 7) is 5.97. The molecule has 0 unspecified atom stereocenters. The average Bonchev–Trinajstić information content (AvgIpc) is 2.65. The third-order valence-corrected chi connectivity index (χ3v) is 3.40. The van der Waals surface area contributed by atoms with E-state index in [0.29, 0.717) is 6.61 Å². The van der Waals surface area contributed by atoms with E-state index in [0.717, 1.165) is 0 Å². The maximum atomic E-state index is 12.1. The van der Waals surface area contributed by atoms with Gasteiger partial charge in [0.25, 0.3) is 0 Å². The molecule has 5 heteroatoms. The second-order valence-electron chi connectivity index (χ2n) is 4.75. The Morgan fingerprint density at radius 1 is 1.24 bits per heavy atom. The largest absolute Gasteiger partial charge is 0.468 e. The summed E-state index contributed by atoms with van der Waals surface area (Å²) >= 11 is 0. The van der Waals surface area contributed by atoms with Gasteiger partial charge in [0.2, 0.25) is 0 Å². The zero-order valence-electron chi connectivity index (χ0n) is 11.0. The maximum absolute atomic E-state index is 12.1. The Morgan fingerprint density at radius 3 is 2.06 bits per heavy atom. The third-order valence-electron chi connectivity index (χ3n) is 3.40. The number of hydrogen-bond donors (Lipinski definition) is 0. The van der Waals surface area contributed by atoms with Gasteiger partial charge in [0.15, 0.2) is 5.41 Å². The van der Waals surface area contributed by atoms with Crippen molar-refractivity contribution in [2.45, 2.75) is 26.9 Å². The van der Waals surface area contributed by atoms with Crippen LogP contribution in [0.15, 0.2) is 0 Å². The van der Waals surface area contributed by atoms with Crippen LogP contribution >= 0.6 is 0 Å².